The number of amides is 1. The molecule has 0 saturated carbocycles. The molecule has 21 nitrogen and oxygen atoms in total. The minimum Gasteiger partial charge on any atom is -0.394 e. The lowest BCUT2D eigenvalue weighted by Crippen LogP contribution is -2.68. The Morgan fingerprint density at radius 1 is 0.553 bits per heavy atom. The lowest BCUT2D eigenvalue weighted by molar-refractivity contribution is -0.387. The predicted octanol–water partition coefficient (Wildman–Crippen LogP) is -8.58. The summed E-state index contributed by atoms with van der Waals surface area (Å²) in [5.74, 6) is -0.652. The first-order valence-corrected chi connectivity index (χ1v) is 15.0. The van der Waals surface area contributed by atoms with Crippen molar-refractivity contribution in [3.8, 4) is 0 Å². The molecule has 47 heavy (non-hydrogen) atoms. The molecule has 20 atom stereocenters. The van der Waals surface area contributed by atoms with Crippen molar-refractivity contribution < 1.29 is 99.2 Å². The van der Waals surface area contributed by atoms with Crippen LogP contribution in [0.4, 0.5) is 0 Å². The molecule has 274 valence electrons. The van der Waals surface area contributed by atoms with Gasteiger partial charge in [0.05, 0.1) is 25.9 Å². The molecule has 13 N–H and O–H groups in total. The Morgan fingerprint density at radius 2 is 1.02 bits per heavy atom. The average molecular weight is 692 g/mol. The number of nitrogens with one attached hydrogen (secondary N) is 1. The molecule has 0 bridgehead atoms. The van der Waals surface area contributed by atoms with Crippen LogP contribution in [-0.4, -0.2) is 210 Å². The number of carbonyl (C=O) groups is 1. The maximum Gasteiger partial charge on any atom is 0.217 e. The Morgan fingerprint density at radius 3 is 1.57 bits per heavy atom. The van der Waals surface area contributed by atoms with Crippen LogP contribution in [0.3, 0.4) is 0 Å². The van der Waals surface area contributed by atoms with Gasteiger partial charge < -0.3 is 99.8 Å². The van der Waals surface area contributed by atoms with E-state index in [1.807, 2.05) is 0 Å². The molecule has 1 amide bonds. The summed E-state index contributed by atoms with van der Waals surface area (Å²) < 4.78 is 39.0. The van der Waals surface area contributed by atoms with Crippen LogP contribution in [0.15, 0.2) is 0 Å². The molecule has 0 aromatic carbocycles. The maximum atomic E-state index is 11.9. The van der Waals surface area contributed by atoms with Crippen LogP contribution in [-0.2, 0) is 38.0 Å². The van der Waals surface area contributed by atoms with E-state index in [0.29, 0.717) is 0 Å². The Bertz CT molecular complexity index is 1010. The van der Waals surface area contributed by atoms with E-state index in [0.717, 1.165) is 6.92 Å². The maximum absolute atomic E-state index is 11.9. The smallest absolute Gasteiger partial charge is 0.217 e. The second-order valence-electron chi connectivity index (χ2n) is 11.9. The number of carbonyl (C=O) groups excluding carboxylic acids is 1. The molecule has 4 fully saturated rings. The number of rotatable bonds is 10. The zero-order valence-electron chi connectivity index (χ0n) is 25.3. The van der Waals surface area contributed by atoms with Gasteiger partial charge in [-0.05, 0) is 6.92 Å². The van der Waals surface area contributed by atoms with Crippen molar-refractivity contribution in [2.24, 2.45) is 0 Å². The number of aliphatic hydroxyl groups excluding tert-OH is 12. The SMILES string of the molecule is CC(=O)N[C@@H]1[C@H](O[C@@H]2[C@@H](O[C@H]3O[C@H](CO)[C@@H](O[C@H]4O[C@H](CO)[C@@H](O)[C@H](O)[C@H]4O)[C@H](O)[C@H]3O)[C@@H](O)[C@H](O)O[C@H]2C)O[C@H](CO)[C@@H](O)[C@@H]1O. The van der Waals surface area contributed by atoms with Crippen LogP contribution >= 0.6 is 0 Å². The van der Waals surface area contributed by atoms with E-state index < -0.39 is 148 Å². The van der Waals surface area contributed by atoms with Gasteiger partial charge in [-0.3, -0.25) is 4.79 Å². The summed E-state index contributed by atoms with van der Waals surface area (Å²) in [7, 11) is 0. The minimum absolute atomic E-state index is 0.652. The topological polar surface area (TPSA) is 336 Å². The molecule has 0 aliphatic carbocycles. The second-order valence-corrected chi connectivity index (χ2v) is 11.9. The molecule has 4 saturated heterocycles. The van der Waals surface area contributed by atoms with Gasteiger partial charge in [-0.2, -0.15) is 0 Å². The molecule has 4 heterocycles. The van der Waals surface area contributed by atoms with Gasteiger partial charge in [-0.1, -0.05) is 0 Å². The van der Waals surface area contributed by atoms with E-state index >= 15 is 0 Å². The molecule has 4 aliphatic heterocycles. The summed E-state index contributed by atoms with van der Waals surface area (Å²) in [6.07, 6.45) is -32.1. The van der Waals surface area contributed by atoms with Crippen LogP contribution in [0.2, 0.25) is 0 Å². The Hall–Kier alpha value is -1.29. The summed E-state index contributed by atoms with van der Waals surface area (Å²) in [6, 6.07) is -1.42. The lowest BCUT2D eigenvalue weighted by atomic mass is 9.95. The quantitative estimate of drug-likeness (QED) is 0.101. The van der Waals surface area contributed by atoms with Crippen molar-refractivity contribution in [3.63, 3.8) is 0 Å². The predicted molar refractivity (Wildman–Crippen MR) is 144 cm³/mol. The van der Waals surface area contributed by atoms with E-state index in [-0.39, 0.29) is 0 Å². The number of ether oxygens (including phenoxy) is 7. The lowest BCUT2D eigenvalue weighted by Gasteiger charge is -2.49. The highest BCUT2D eigenvalue weighted by Gasteiger charge is 2.55. The highest BCUT2D eigenvalue weighted by molar-refractivity contribution is 5.73. The van der Waals surface area contributed by atoms with Crippen molar-refractivity contribution in [2.75, 3.05) is 19.8 Å². The standard InChI is InChI=1S/C26H45NO20/c1-6-20(45-24-11(27-7(2)31)14(34)12(32)8(3-28)42-24)22(19(39)23(40)41-6)47-26-18(38)16(36)21(10(5-30)44-26)46-25-17(37)15(35)13(33)9(4-29)43-25/h6,8-26,28-30,32-40H,3-5H2,1-2H3,(H,27,31)/t6-,8+,9+,10+,11-,12+,13+,14+,15-,16+,17+,18+,19+,20-,21+,22-,23+,24-,25+,26+/m0/s1. The van der Waals surface area contributed by atoms with Gasteiger partial charge in [0, 0.05) is 6.92 Å². The Kier molecular flexibility index (Phi) is 13.2. The fraction of sp³-hybridized carbons (Fsp3) is 0.962. The highest BCUT2D eigenvalue weighted by Crippen LogP contribution is 2.34. The fourth-order valence-corrected chi connectivity index (χ4v) is 5.91. The summed E-state index contributed by atoms with van der Waals surface area (Å²) >= 11 is 0. The Labute approximate surface area is 267 Å². The van der Waals surface area contributed by atoms with E-state index in [9.17, 15) is 66.1 Å². The first-order valence-electron chi connectivity index (χ1n) is 15.0. The van der Waals surface area contributed by atoms with Crippen LogP contribution in [0, 0.1) is 0 Å². The molecule has 4 aliphatic rings. The third kappa shape index (κ3) is 8.04. The molecule has 0 aromatic rings. The van der Waals surface area contributed by atoms with Crippen molar-refractivity contribution >= 4 is 5.91 Å². The minimum atomic E-state index is -2.02. The van der Waals surface area contributed by atoms with Crippen molar-refractivity contribution in [1.29, 1.82) is 0 Å². The van der Waals surface area contributed by atoms with E-state index in [1.54, 1.807) is 0 Å². The first kappa shape index (κ1) is 38.5. The largest absolute Gasteiger partial charge is 0.394 e. The van der Waals surface area contributed by atoms with Gasteiger partial charge in [0.25, 0.3) is 0 Å². The van der Waals surface area contributed by atoms with Crippen LogP contribution in [0.25, 0.3) is 0 Å². The Balaban J connectivity index is 1.53. The van der Waals surface area contributed by atoms with Gasteiger partial charge in [0.15, 0.2) is 25.2 Å². The molecule has 4 rings (SSSR count). The van der Waals surface area contributed by atoms with E-state index in [1.165, 1.54) is 6.92 Å². The monoisotopic (exact) mass is 691 g/mol. The zero-order chi connectivity index (χ0) is 34.9. The van der Waals surface area contributed by atoms with Crippen LogP contribution in [0.5, 0.6) is 0 Å². The molecule has 0 aromatic heterocycles. The summed E-state index contributed by atoms with van der Waals surface area (Å²) in [6.45, 7) is 0.0614. The van der Waals surface area contributed by atoms with Gasteiger partial charge >= 0.3 is 0 Å². The van der Waals surface area contributed by atoms with Crippen molar-refractivity contribution in [3.05, 3.63) is 0 Å². The normalized spacial score (nSPS) is 51.0. The molecule has 0 unspecified atom stereocenters. The summed E-state index contributed by atoms with van der Waals surface area (Å²) in [5.41, 5.74) is 0. The molecular weight excluding hydrogens is 646 g/mol. The van der Waals surface area contributed by atoms with E-state index in [2.05, 4.69) is 5.32 Å². The van der Waals surface area contributed by atoms with Gasteiger partial charge in [-0.15, -0.1) is 0 Å². The molecule has 0 spiro atoms. The van der Waals surface area contributed by atoms with E-state index in [4.69, 9.17) is 33.2 Å². The number of aliphatic hydroxyl groups is 12. The van der Waals surface area contributed by atoms with Crippen LogP contribution < -0.4 is 5.32 Å². The van der Waals surface area contributed by atoms with Gasteiger partial charge in [0.1, 0.15) is 91.5 Å². The highest BCUT2D eigenvalue weighted by atomic mass is 16.8. The van der Waals surface area contributed by atoms with Crippen molar-refractivity contribution in [2.45, 2.75) is 137 Å². The third-order valence-corrected chi connectivity index (χ3v) is 8.56. The van der Waals surface area contributed by atoms with Gasteiger partial charge in [0.2, 0.25) is 5.91 Å². The first-order chi connectivity index (χ1) is 22.1. The number of hydrogen-bond donors (Lipinski definition) is 13. The molecular formula is C26H45NO20. The number of hydrogen-bond acceptors (Lipinski definition) is 20. The van der Waals surface area contributed by atoms with Crippen molar-refractivity contribution in [1.82, 2.24) is 5.32 Å². The molecule has 0 radical (unpaired) electrons. The average Bonchev–Trinajstić information content (AvgIpc) is 3.03. The summed E-state index contributed by atoms with van der Waals surface area (Å²) in [5, 5.41) is 126. The second kappa shape index (κ2) is 16.2. The van der Waals surface area contributed by atoms with Gasteiger partial charge in [-0.25, -0.2) is 0 Å². The fourth-order valence-electron chi connectivity index (χ4n) is 5.91. The van der Waals surface area contributed by atoms with Crippen LogP contribution in [0.1, 0.15) is 13.8 Å². The summed E-state index contributed by atoms with van der Waals surface area (Å²) in [4.78, 5) is 11.9. The zero-order valence-corrected chi connectivity index (χ0v) is 25.3. The third-order valence-electron chi connectivity index (χ3n) is 8.56. The molecule has 21 heteroatoms.